The molecule has 0 radical (unpaired) electrons. The molecule has 1 rings (SSSR count). The Balaban J connectivity index is 2.84. The Hall–Kier alpha value is -1.57. The van der Waals surface area contributed by atoms with Crippen LogP contribution in [0.3, 0.4) is 0 Å². The highest BCUT2D eigenvalue weighted by Gasteiger charge is 2.08. The second-order valence-corrected chi connectivity index (χ2v) is 3.53. The second-order valence-electron chi connectivity index (χ2n) is 3.53. The summed E-state index contributed by atoms with van der Waals surface area (Å²) in [5.41, 5.74) is 1.48. The number of para-hydroxylation sites is 1. The van der Waals surface area contributed by atoms with Gasteiger partial charge in [-0.3, -0.25) is 0 Å². The largest absolute Gasteiger partial charge is 0.423 e. The van der Waals surface area contributed by atoms with Gasteiger partial charge in [0.1, 0.15) is 5.75 Å². The van der Waals surface area contributed by atoms with Gasteiger partial charge in [0, 0.05) is 5.57 Å². The molecule has 0 aliphatic carbocycles. The van der Waals surface area contributed by atoms with Crippen molar-refractivity contribution in [3.05, 3.63) is 42.0 Å². The Morgan fingerprint density at radius 1 is 1.40 bits per heavy atom. The first-order chi connectivity index (χ1) is 7.15. The van der Waals surface area contributed by atoms with Crippen molar-refractivity contribution in [1.82, 2.24) is 0 Å². The normalized spacial score (nSPS) is 9.73. The van der Waals surface area contributed by atoms with Crippen LogP contribution in [0, 0.1) is 0 Å². The van der Waals surface area contributed by atoms with Crippen LogP contribution in [0.2, 0.25) is 0 Å². The van der Waals surface area contributed by atoms with Gasteiger partial charge < -0.3 is 4.74 Å². The SMILES string of the molecule is C=C(C)C(=O)Oc1ccccc1CCC. The molecule has 80 valence electrons. The summed E-state index contributed by atoms with van der Waals surface area (Å²) in [5.74, 6) is 0.283. The lowest BCUT2D eigenvalue weighted by molar-refractivity contribution is -0.130. The lowest BCUT2D eigenvalue weighted by atomic mass is 10.1. The van der Waals surface area contributed by atoms with Gasteiger partial charge in [-0.15, -0.1) is 0 Å². The molecule has 1 aromatic rings. The predicted molar refractivity (Wildman–Crippen MR) is 60.9 cm³/mol. The van der Waals surface area contributed by atoms with Crippen molar-refractivity contribution in [3.63, 3.8) is 0 Å². The maximum atomic E-state index is 11.3. The smallest absolute Gasteiger partial charge is 0.338 e. The molecule has 0 aliphatic rings. The summed E-state index contributed by atoms with van der Waals surface area (Å²) in [4.78, 5) is 11.3. The van der Waals surface area contributed by atoms with Crippen LogP contribution in [0.1, 0.15) is 25.8 Å². The van der Waals surface area contributed by atoms with Gasteiger partial charge in [0.15, 0.2) is 0 Å². The quantitative estimate of drug-likeness (QED) is 0.428. The molecule has 0 saturated carbocycles. The van der Waals surface area contributed by atoms with E-state index in [2.05, 4.69) is 13.5 Å². The van der Waals surface area contributed by atoms with E-state index in [4.69, 9.17) is 4.74 Å². The van der Waals surface area contributed by atoms with Gasteiger partial charge in [-0.2, -0.15) is 0 Å². The van der Waals surface area contributed by atoms with Crippen molar-refractivity contribution in [2.24, 2.45) is 0 Å². The molecule has 2 heteroatoms. The average molecular weight is 204 g/mol. The lowest BCUT2D eigenvalue weighted by Gasteiger charge is -2.08. The van der Waals surface area contributed by atoms with Gasteiger partial charge in [-0.1, -0.05) is 38.1 Å². The third kappa shape index (κ3) is 3.24. The van der Waals surface area contributed by atoms with E-state index in [1.165, 1.54) is 0 Å². The van der Waals surface area contributed by atoms with E-state index in [1.807, 2.05) is 24.3 Å². The van der Waals surface area contributed by atoms with Gasteiger partial charge in [-0.25, -0.2) is 4.79 Å². The molecule has 15 heavy (non-hydrogen) atoms. The summed E-state index contributed by atoms with van der Waals surface area (Å²) in [6.07, 6.45) is 1.95. The van der Waals surface area contributed by atoms with E-state index >= 15 is 0 Å². The van der Waals surface area contributed by atoms with E-state index < -0.39 is 0 Å². The fourth-order valence-corrected chi connectivity index (χ4v) is 1.27. The maximum Gasteiger partial charge on any atom is 0.338 e. The molecule has 0 amide bonds. The van der Waals surface area contributed by atoms with Gasteiger partial charge in [-0.05, 0) is 25.0 Å². The Morgan fingerprint density at radius 3 is 2.67 bits per heavy atom. The van der Waals surface area contributed by atoms with Gasteiger partial charge in [0.2, 0.25) is 0 Å². The van der Waals surface area contributed by atoms with Gasteiger partial charge in [0.05, 0.1) is 0 Å². The number of carbonyl (C=O) groups excluding carboxylic acids is 1. The van der Waals surface area contributed by atoms with E-state index in [1.54, 1.807) is 6.92 Å². The number of ether oxygens (including phenoxy) is 1. The summed E-state index contributed by atoms with van der Waals surface area (Å²) >= 11 is 0. The molecule has 0 N–H and O–H groups in total. The summed E-state index contributed by atoms with van der Waals surface area (Å²) in [6, 6.07) is 7.60. The minimum Gasteiger partial charge on any atom is -0.423 e. The minimum atomic E-state index is -0.362. The molecule has 0 bridgehead atoms. The minimum absolute atomic E-state index is 0.362. The van der Waals surface area contributed by atoms with E-state index in [-0.39, 0.29) is 5.97 Å². The van der Waals surface area contributed by atoms with Crippen molar-refractivity contribution < 1.29 is 9.53 Å². The van der Waals surface area contributed by atoms with E-state index in [0.29, 0.717) is 11.3 Å². The van der Waals surface area contributed by atoms with Gasteiger partial charge >= 0.3 is 5.97 Å². The first kappa shape index (κ1) is 11.5. The Morgan fingerprint density at radius 2 is 2.07 bits per heavy atom. The monoisotopic (exact) mass is 204 g/mol. The molecular formula is C13H16O2. The van der Waals surface area contributed by atoms with Crippen molar-refractivity contribution in [1.29, 1.82) is 0 Å². The van der Waals surface area contributed by atoms with Gasteiger partial charge in [0.25, 0.3) is 0 Å². The zero-order valence-corrected chi connectivity index (χ0v) is 9.25. The summed E-state index contributed by atoms with van der Waals surface area (Å²) in [5, 5.41) is 0. The number of esters is 1. The molecule has 0 atom stereocenters. The Bertz CT molecular complexity index is 367. The summed E-state index contributed by atoms with van der Waals surface area (Å²) in [7, 11) is 0. The molecule has 1 aromatic carbocycles. The predicted octanol–water partition coefficient (Wildman–Crippen LogP) is 3.12. The first-order valence-electron chi connectivity index (χ1n) is 5.10. The van der Waals surface area contributed by atoms with Crippen LogP contribution >= 0.6 is 0 Å². The van der Waals surface area contributed by atoms with Crippen LogP contribution in [0.15, 0.2) is 36.4 Å². The van der Waals surface area contributed by atoms with Crippen molar-refractivity contribution in [2.45, 2.75) is 26.7 Å². The molecule has 0 saturated heterocycles. The zero-order chi connectivity index (χ0) is 11.3. The third-order valence-corrected chi connectivity index (χ3v) is 2.04. The highest BCUT2D eigenvalue weighted by atomic mass is 16.5. The molecular weight excluding hydrogens is 188 g/mol. The van der Waals surface area contributed by atoms with E-state index in [9.17, 15) is 4.79 Å². The van der Waals surface area contributed by atoms with Crippen LogP contribution in [-0.4, -0.2) is 5.97 Å². The van der Waals surface area contributed by atoms with Crippen LogP contribution in [0.4, 0.5) is 0 Å². The molecule has 0 heterocycles. The van der Waals surface area contributed by atoms with Crippen LogP contribution in [0.5, 0.6) is 5.75 Å². The molecule has 0 aromatic heterocycles. The van der Waals surface area contributed by atoms with Crippen LogP contribution < -0.4 is 4.74 Å². The van der Waals surface area contributed by atoms with Crippen LogP contribution in [0.25, 0.3) is 0 Å². The lowest BCUT2D eigenvalue weighted by Crippen LogP contribution is -2.09. The molecule has 2 nitrogen and oxygen atoms in total. The van der Waals surface area contributed by atoms with Crippen LogP contribution in [-0.2, 0) is 11.2 Å². The number of benzene rings is 1. The second kappa shape index (κ2) is 5.35. The molecule has 0 spiro atoms. The number of aryl methyl sites for hydroxylation is 1. The van der Waals surface area contributed by atoms with E-state index in [0.717, 1.165) is 18.4 Å². The molecule has 0 aliphatic heterocycles. The Kier molecular flexibility index (Phi) is 4.10. The third-order valence-electron chi connectivity index (χ3n) is 2.04. The molecule has 0 fully saturated rings. The highest BCUT2D eigenvalue weighted by Crippen LogP contribution is 2.20. The number of carbonyl (C=O) groups is 1. The average Bonchev–Trinajstić information content (AvgIpc) is 2.21. The molecule has 0 unspecified atom stereocenters. The zero-order valence-electron chi connectivity index (χ0n) is 9.25. The number of rotatable bonds is 4. The highest BCUT2D eigenvalue weighted by molar-refractivity contribution is 5.88. The fourth-order valence-electron chi connectivity index (χ4n) is 1.27. The van der Waals surface area contributed by atoms with Crippen molar-refractivity contribution >= 4 is 5.97 Å². The number of hydrogen-bond donors (Lipinski definition) is 0. The van der Waals surface area contributed by atoms with Crippen molar-refractivity contribution in [3.8, 4) is 5.75 Å². The fraction of sp³-hybridized carbons (Fsp3) is 0.308. The standard InChI is InChI=1S/C13H16O2/c1-4-7-11-8-5-6-9-12(11)15-13(14)10(2)3/h5-6,8-9H,2,4,7H2,1,3H3. The maximum absolute atomic E-state index is 11.3. The first-order valence-corrected chi connectivity index (χ1v) is 5.10. The van der Waals surface area contributed by atoms with Crippen molar-refractivity contribution in [2.75, 3.05) is 0 Å². The Labute approximate surface area is 90.6 Å². The number of hydrogen-bond acceptors (Lipinski definition) is 2. The topological polar surface area (TPSA) is 26.3 Å². The summed E-state index contributed by atoms with van der Waals surface area (Å²) in [6.45, 7) is 7.29. The summed E-state index contributed by atoms with van der Waals surface area (Å²) < 4.78 is 5.22.